The van der Waals surface area contributed by atoms with E-state index in [9.17, 15) is 9.18 Å². The zero-order valence-corrected chi connectivity index (χ0v) is 19.2. The highest BCUT2D eigenvalue weighted by Gasteiger charge is 2.18. The number of nitrogens with zero attached hydrogens (tertiary/aromatic N) is 5. The van der Waals surface area contributed by atoms with Crippen LogP contribution in [0.15, 0.2) is 94.5 Å². The quantitative estimate of drug-likeness (QED) is 0.315. The molecule has 0 saturated heterocycles. The van der Waals surface area contributed by atoms with E-state index < -0.39 is 0 Å². The van der Waals surface area contributed by atoms with Crippen LogP contribution in [0.5, 0.6) is 0 Å². The highest BCUT2D eigenvalue weighted by Crippen LogP contribution is 2.24. The van der Waals surface area contributed by atoms with Crippen molar-refractivity contribution in [1.29, 1.82) is 0 Å². The average Bonchev–Trinajstić information content (AvgIpc) is 3.52. The van der Waals surface area contributed by atoms with E-state index in [0.29, 0.717) is 29.0 Å². The molecule has 0 aliphatic heterocycles. The topological polar surface area (TPSA) is 98.7 Å². The zero-order chi connectivity index (χ0) is 24.0. The highest BCUT2D eigenvalue weighted by atomic mass is 32.2. The number of aromatic nitrogens is 5. The van der Waals surface area contributed by atoms with E-state index in [1.165, 1.54) is 23.9 Å². The number of thioether (sulfide) groups is 1. The van der Waals surface area contributed by atoms with E-state index in [-0.39, 0.29) is 23.5 Å². The Kier molecular flexibility index (Phi) is 6.62. The van der Waals surface area contributed by atoms with Crippen molar-refractivity contribution < 1.29 is 13.6 Å². The van der Waals surface area contributed by atoms with E-state index in [1.807, 2.05) is 65.2 Å². The normalized spacial score (nSPS) is 10.9. The SMILES string of the molecule is O=C(CSc1nnc(Cc2ccccc2)n1-c1ccc(F)cc1)Nc1nnc(-c2ccccc2)o1. The summed E-state index contributed by atoms with van der Waals surface area (Å²) in [6.07, 6.45) is 0.530. The molecule has 0 atom stereocenters. The second kappa shape index (κ2) is 10.3. The second-order valence-electron chi connectivity index (χ2n) is 7.49. The Morgan fingerprint density at radius 3 is 2.34 bits per heavy atom. The molecule has 174 valence electrons. The summed E-state index contributed by atoms with van der Waals surface area (Å²) in [4.78, 5) is 12.6. The Balaban J connectivity index is 1.31. The van der Waals surface area contributed by atoms with Gasteiger partial charge in [-0.15, -0.1) is 15.3 Å². The summed E-state index contributed by atoms with van der Waals surface area (Å²) in [5.74, 6) is 0.351. The molecule has 0 spiro atoms. The Morgan fingerprint density at radius 1 is 0.886 bits per heavy atom. The lowest BCUT2D eigenvalue weighted by Gasteiger charge is -2.10. The number of carbonyl (C=O) groups is 1. The van der Waals surface area contributed by atoms with Crippen LogP contribution in [-0.4, -0.2) is 36.6 Å². The molecule has 0 saturated carbocycles. The lowest BCUT2D eigenvalue weighted by atomic mass is 10.1. The number of nitrogens with one attached hydrogen (secondary N) is 1. The van der Waals surface area contributed by atoms with E-state index in [2.05, 4.69) is 25.7 Å². The van der Waals surface area contributed by atoms with Crippen LogP contribution in [0.3, 0.4) is 0 Å². The van der Waals surface area contributed by atoms with Gasteiger partial charge < -0.3 is 4.42 Å². The molecular formula is C25H19FN6O2S. The summed E-state index contributed by atoms with van der Waals surface area (Å²) in [5.41, 5.74) is 2.52. The standard InChI is InChI=1S/C25H19FN6O2S/c26-19-11-13-20(14-12-19)32-21(15-17-7-3-1-4-8-17)28-31-25(32)35-16-22(33)27-24-30-29-23(34-24)18-9-5-2-6-10-18/h1-14H,15-16H2,(H,27,30,33). The average molecular weight is 487 g/mol. The maximum absolute atomic E-state index is 13.5. The molecule has 5 rings (SSSR count). The maximum Gasteiger partial charge on any atom is 0.322 e. The molecule has 2 aromatic heterocycles. The van der Waals surface area contributed by atoms with Gasteiger partial charge in [-0.3, -0.25) is 14.7 Å². The zero-order valence-electron chi connectivity index (χ0n) is 18.3. The molecule has 1 amide bonds. The van der Waals surface area contributed by atoms with Crippen molar-refractivity contribution in [3.05, 3.63) is 102 Å². The predicted octanol–water partition coefficient (Wildman–Crippen LogP) is 4.78. The number of hydrogen-bond acceptors (Lipinski definition) is 7. The Morgan fingerprint density at radius 2 is 1.60 bits per heavy atom. The summed E-state index contributed by atoms with van der Waals surface area (Å²) in [5, 5.41) is 19.6. The lowest BCUT2D eigenvalue weighted by Crippen LogP contribution is -2.15. The number of benzene rings is 3. The van der Waals surface area contributed by atoms with Crippen LogP contribution in [0.25, 0.3) is 17.1 Å². The van der Waals surface area contributed by atoms with Crippen LogP contribution < -0.4 is 5.32 Å². The van der Waals surface area contributed by atoms with E-state index >= 15 is 0 Å². The van der Waals surface area contributed by atoms with Gasteiger partial charge in [0.15, 0.2) is 5.16 Å². The van der Waals surface area contributed by atoms with Crippen molar-refractivity contribution in [3.63, 3.8) is 0 Å². The van der Waals surface area contributed by atoms with Gasteiger partial charge in [-0.25, -0.2) is 4.39 Å². The first kappa shape index (κ1) is 22.5. The third-order valence-electron chi connectivity index (χ3n) is 5.01. The molecule has 2 heterocycles. The van der Waals surface area contributed by atoms with Crippen molar-refractivity contribution in [1.82, 2.24) is 25.0 Å². The molecule has 0 fully saturated rings. The van der Waals surface area contributed by atoms with Crippen molar-refractivity contribution in [2.45, 2.75) is 11.6 Å². The molecule has 1 N–H and O–H groups in total. The van der Waals surface area contributed by atoms with Gasteiger partial charge in [0, 0.05) is 17.7 Å². The molecule has 0 radical (unpaired) electrons. The number of rotatable bonds is 8. The minimum absolute atomic E-state index is 0.0132. The van der Waals surface area contributed by atoms with E-state index in [4.69, 9.17) is 4.42 Å². The van der Waals surface area contributed by atoms with Crippen LogP contribution in [0.1, 0.15) is 11.4 Å². The van der Waals surface area contributed by atoms with Crippen LogP contribution in [0.4, 0.5) is 10.4 Å². The van der Waals surface area contributed by atoms with E-state index in [1.54, 1.807) is 12.1 Å². The van der Waals surface area contributed by atoms with Gasteiger partial charge in [0.1, 0.15) is 11.6 Å². The maximum atomic E-state index is 13.5. The van der Waals surface area contributed by atoms with Gasteiger partial charge in [-0.05, 0) is 42.0 Å². The summed E-state index contributed by atoms with van der Waals surface area (Å²) < 4.78 is 20.9. The number of amides is 1. The molecule has 0 aliphatic carbocycles. The molecule has 10 heteroatoms. The number of anilines is 1. The van der Waals surface area contributed by atoms with Gasteiger partial charge in [0.2, 0.25) is 11.8 Å². The summed E-state index contributed by atoms with van der Waals surface area (Å²) in [6.45, 7) is 0. The smallest absolute Gasteiger partial charge is 0.322 e. The third-order valence-corrected chi connectivity index (χ3v) is 5.94. The first-order chi connectivity index (χ1) is 17.2. The number of halogens is 1. The molecule has 5 aromatic rings. The van der Waals surface area contributed by atoms with Crippen LogP contribution in [0.2, 0.25) is 0 Å². The van der Waals surface area contributed by atoms with Crippen molar-refractivity contribution in [2.24, 2.45) is 0 Å². The minimum atomic E-state index is -0.338. The van der Waals surface area contributed by atoms with Crippen LogP contribution >= 0.6 is 11.8 Å². The second-order valence-corrected chi connectivity index (χ2v) is 8.43. The van der Waals surface area contributed by atoms with E-state index in [0.717, 1.165) is 11.1 Å². The van der Waals surface area contributed by atoms with Crippen molar-refractivity contribution >= 4 is 23.7 Å². The van der Waals surface area contributed by atoms with Gasteiger partial charge in [-0.2, -0.15) is 0 Å². The Labute approximate surface area is 204 Å². The summed E-state index contributed by atoms with van der Waals surface area (Å²) in [7, 11) is 0. The van der Waals surface area contributed by atoms with Gasteiger partial charge in [0.05, 0.1) is 5.75 Å². The molecule has 0 unspecified atom stereocenters. The first-order valence-electron chi connectivity index (χ1n) is 10.7. The van der Waals surface area contributed by atoms with Crippen molar-refractivity contribution in [2.75, 3.05) is 11.1 Å². The largest absolute Gasteiger partial charge is 0.403 e. The fraction of sp³-hybridized carbons (Fsp3) is 0.0800. The summed E-state index contributed by atoms with van der Waals surface area (Å²) >= 11 is 1.20. The van der Waals surface area contributed by atoms with Crippen LogP contribution in [-0.2, 0) is 11.2 Å². The molecule has 0 bridgehead atoms. The molecular weight excluding hydrogens is 467 g/mol. The predicted molar refractivity (Wildman–Crippen MR) is 130 cm³/mol. The van der Waals surface area contributed by atoms with Crippen LogP contribution in [0, 0.1) is 5.82 Å². The fourth-order valence-electron chi connectivity index (χ4n) is 3.39. The number of hydrogen-bond donors (Lipinski definition) is 1. The Hall–Kier alpha value is -4.31. The van der Waals surface area contributed by atoms with Crippen molar-refractivity contribution in [3.8, 4) is 17.1 Å². The third kappa shape index (κ3) is 5.44. The molecule has 0 aliphatic rings. The summed E-state index contributed by atoms with van der Waals surface area (Å²) in [6, 6.07) is 25.2. The highest BCUT2D eigenvalue weighted by molar-refractivity contribution is 7.99. The monoisotopic (exact) mass is 486 g/mol. The first-order valence-corrected chi connectivity index (χ1v) is 11.7. The Bertz CT molecular complexity index is 1420. The van der Waals surface area contributed by atoms with Gasteiger partial charge in [-0.1, -0.05) is 65.4 Å². The number of carbonyl (C=O) groups excluding carboxylic acids is 1. The van der Waals surface area contributed by atoms with Gasteiger partial charge in [0.25, 0.3) is 0 Å². The fourth-order valence-corrected chi connectivity index (χ4v) is 4.16. The molecule has 3 aromatic carbocycles. The molecule has 8 nitrogen and oxygen atoms in total. The van der Waals surface area contributed by atoms with Gasteiger partial charge >= 0.3 is 6.01 Å². The lowest BCUT2D eigenvalue weighted by molar-refractivity contribution is -0.113. The molecule has 35 heavy (non-hydrogen) atoms. The minimum Gasteiger partial charge on any atom is -0.403 e.